The lowest BCUT2D eigenvalue weighted by molar-refractivity contribution is 0.0663. The smallest absolute Gasteiger partial charge is 0.339 e. The Kier molecular flexibility index (Phi) is 4.02. The van der Waals surface area contributed by atoms with Gasteiger partial charge in [0.2, 0.25) is 0 Å². The Bertz CT molecular complexity index is 368. The van der Waals surface area contributed by atoms with E-state index >= 15 is 0 Å². The summed E-state index contributed by atoms with van der Waals surface area (Å²) in [6.07, 6.45) is -2.64. The van der Waals surface area contributed by atoms with E-state index in [2.05, 4.69) is 15.9 Å². The zero-order chi connectivity index (χ0) is 11.4. The molecular weight excluding hydrogens is 274 g/mol. The number of para-hydroxylation sites is 1. The molecule has 0 heterocycles. The van der Waals surface area contributed by atoms with Crippen molar-refractivity contribution < 1.29 is 23.4 Å². The fraction of sp³-hybridized carbons (Fsp3) is 0.222. The van der Waals surface area contributed by atoms with E-state index in [1.54, 1.807) is 0 Å². The minimum absolute atomic E-state index is 0.0784. The van der Waals surface area contributed by atoms with Crippen LogP contribution in [0, 0.1) is 0 Å². The summed E-state index contributed by atoms with van der Waals surface area (Å²) in [6, 6.07) is 4.30. The monoisotopic (exact) mass is 280 g/mol. The number of carboxylic acids is 1. The zero-order valence-corrected chi connectivity index (χ0v) is 9.00. The molecule has 0 saturated heterocycles. The lowest BCUT2D eigenvalue weighted by atomic mass is 10.2. The summed E-state index contributed by atoms with van der Waals surface area (Å²) in [5.74, 6) is -1.30. The van der Waals surface area contributed by atoms with Crippen LogP contribution >= 0.6 is 15.9 Å². The Balaban J connectivity index is 2.97. The van der Waals surface area contributed by atoms with E-state index in [1.165, 1.54) is 18.2 Å². The third-order valence-corrected chi connectivity index (χ3v) is 2.18. The van der Waals surface area contributed by atoms with Crippen molar-refractivity contribution in [2.24, 2.45) is 0 Å². The lowest BCUT2D eigenvalue weighted by Gasteiger charge is -2.10. The number of hydrogen-bond acceptors (Lipinski definition) is 2. The fourth-order valence-corrected chi connectivity index (χ4v) is 1.45. The first-order chi connectivity index (χ1) is 7.02. The van der Waals surface area contributed by atoms with Crippen LogP contribution in [0.25, 0.3) is 0 Å². The quantitative estimate of drug-likeness (QED) is 0.923. The molecular formula is C9H7BrF2O3. The Morgan fingerprint density at radius 3 is 2.73 bits per heavy atom. The maximum atomic E-state index is 11.9. The average Bonchev–Trinajstić information content (AvgIpc) is 2.15. The largest absolute Gasteiger partial charge is 0.486 e. The summed E-state index contributed by atoms with van der Waals surface area (Å²) in [5.41, 5.74) is -0.148. The molecule has 3 nitrogen and oxygen atoms in total. The fourth-order valence-electron chi connectivity index (χ4n) is 0.970. The van der Waals surface area contributed by atoms with Crippen molar-refractivity contribution in [1.29, 1.82) is 0 Å². The van der Waals surface area contributed by atoms with Gasteiger partial charge < -0.3 is 9.84 Å². The van der Waals surface area contributed by atoms with Crippen LogP contribution in [0.1, 0.15) is 10.4 Å². The van der Waals surface area contributed by atoms with Gasteiger partial charge in [0.25, 0.3) is 6.43 Å². The van der Waals surface area contributed by atoms with Gasteiger partial charge in [0.1, 0.15) is 17.9 Å². The van der Waals surface area contributed by atoms with E-state index in [-0.39, 0.29) is 11.3 Å². The van der Waals surface area contributed by atoms with Gasteiger partial charge in [-0.05, 0) is 28.1 Å². The summed E-state index contributed by atoms with van der Waals surface area (Å²) in [4.78, 5) is 10.7. The molecule has 6 heteroatoms. The maximum Gasteiger partial charge on any atom is 0.339 e. The van der Waals surface area contributed by atoms with Gasteiger partial charge in [0.15, 0.2) is 0 Å². The molecule has 0 bridgehead atoms. The lowest BCUT2D eigenvalue weighted by Crippen LogP contribution is -2.10. The summed E-state index contributed by atoms with van der Waals surface area (Å²) in [6.45, 7) is -0.830. The molecule has 0 aliphatic carbocycles. The third-order valence-electron chi connectivity index (χ3n) is 1.55. The van der Waals surface area contributed by atoms with E-state index in [9.17, 15) is 13.6 Å². The molecule has 15 heavy (non-hydrogen) atoms. The average molecular weight is 281 g/mol. The van der Waals surface area contributed by atoms with Crippen molar-refractivity contribution in [3.63, 3.8) is 0 Å². The van der Waals surface area contributed by atoms with Crippen molar-refractivity contribution in [3.8, 4) is 5.75 Å². The van der Waals surface area contributed by atoms with Crippen LogP contribution in [-0.2, 0) is 0 Å². The Labute approximate surface area is 92.8 Å². The second kappa shape index (κ2) is 5.06. The highest BCUT2D eigenvalue weighted by atomic mass is 79.9. The first-order valence-corrected chi connectivity index (χ1v) is 4.74. The van der Waals surface area contributed by atoms with E-state index in [0.717, 1.165) is 0 Å². The van der Waals surface area contributed by atoms with E-state index in [4.69, 9.17) is 9.84 Å². The molecule has 0 spiro atoms. The number of aromatic carboxylic acids is 1. The van der Waals surface area contributed by atoms with Gasteiger partial charge in [0.05, 0.1) is 4.47 Å². The summed E-state index contributed by atoms with van der Waals surface area (Å²) < 4.78 is 28.8. The van der Waals surface area contributed by atoms with Gasteiger partial charge in [-0.1, -0.05) is 6.07 Å². The molecule has 0 unspecified atom stereocenters. The first-order valence-electron chi connectivity index (χ1n) is 3.95. The minimum Gasteiger partial charge on any atom is -0.486 e. The molecule has 1 rings (SSSR count). The molecule has 82 valence electrons. The molecule has 1 aromatic rings. The predicted molar refractivity (Wildman–Crippen MR) is 52.6 cm³/mol. The van der Waals surface area contributed by atoms with Crippen molar-refractivity contribution in [2.45, 2.75) is 6.43 Å². The van der Waals surface area contributed by atoms with E-state index in [1.807, 2.05) is 0 Å². The number of alkyl halides is 2. The molecule has 1 aromatic carbocycles. The Morgan fingerprint density at radius 1 is 1.53 bits per heavy atom. The van der Waals surface area contributed by atoms with Crippen LogP contribution in [0.5, 0.6) is 5.75 Å². The number of ether oxygens (including phenoxy) is 1. The molecule has 0 fully saturated rings. The minimum atomic E-state index is -2.64. The number of hydrogen-bond donors (Lipinski definition) is 1. The Hall–Kier alpha value is -1.17. The standard InChI is InChI=1S/C9H7BrF2O3/c10-6-3-1-2-5(9(13)14)8(6)15-4-7(11)12/h1-3,7H,4H2,(H,13,14). The maximum absolute atomic E-state index is 11.9. The predicted octanol–water partition coefficient (Wildman–Crippen LogP) is 2.79. The van der Waals surface area contributed by atoms with Gasteiger partial charge >= 0.3 is 5.97 Å². The van der Waals surface area contributed by atoms with Crippen molar-refractivity contribution in [2.75, 3.05) is 6.61 Å². The first kappa shape index (κ1) is 11.9. The van der Waals surface area contributed by atoms with Gasteiger partial charge in [-0.25, -0.2) is 13.6 Å². The summed E-state index contributed by atoms with van der Waals surface area (Å²) >= 11 is 3.03. The zero-order valence-electron chi connectivity index (χ0n) is 7.41. The molecule has 1 N–H and O–H groups in total. The molecule has 0 radical (unpaired) electrons. The van der Waals surface area contributed by atoms with Crippen LogP contribution < -0.4 is 4.74 Å². The second-order valence-corrected chi connectivity index (χ2v) is 3.48. The number of rotatable bonds is 4. The topological polar surface area (TPSA) is 46.5 Å². The van der Waals surface area contributed by atoms with Crippen LogP contribution in [0.15, 0.2) is 22.7 Å². The van der Waals surface area contributed by atoms with Crippen LogP contribution in [0.2, 0.25) is 0 Å². The molecule has 0 aliphatic heterocycles. The van der Waals surface area contributed by atoms with Crippen LogP contribution in [0.3, 0.4) is 0 Å². The van der Waals surface area contributed by atoms with Gasteiger partial charge in [-0.2, -0.15) is 0 Å². The molecule has 0 aromatic heterocycles. The van der Waals surface area contributed by atoms with E-state index < -0.39 is 19.0 Å². The third kappa shape index (κ3) is 3.16. The molecule has 0 aliphatic rings. The molecule has 0 atom stereocenters. The number of halogens is 3. The highest BCUT2D eigenvalue weighted by molar-refractivity contribution is 9.10. The highest BCUT2D eigenvalue weighted by Crippen LogP contribution is 2.29. The van der Waals surface area contributed by atoms with Crippen molar-refractivity contribution >= 4 is 21.9 Å². The normalized spacial score (nSPS) is 10.4. The van der Waals surface area contributed by atoms with Gasteiger partial charge in [0, 0.05) is 0 Å². The van der Waals surface area contributed by atoms with Gasteiger partial charge in [-0.3, -0.25) is 0 Å². The van der Waals surface area contributed by atoms with E-state index in [0.29, 0.717) is 4.47 Å². The Morgan fingerprint density at radius 2 is 2.20 bits per heavy atom. The molecule has 0 amide bonds. The number of carboxylic acid groups (broad SMARTS) is 1. The number of carbonyl (C=O) groups is 1. The van der Waals surface area contributed by atoms with Gasteiger partial charge in [-0.15, -0.1) is 0 Å². The summed E-state index contributed by atoms with van der Waals surface area (Å²) in [5, 5.41) is 8.77. The van der Waals surface area contributed by atoms with Crippen LogP contribution in [0.4, 0.5) is 8.78 Å². The van der Waals surface area contributed by atoms with Crippen molar-refractivity contribution in [1.82, 2.24) is 0 Å². The van der Waals surface area contributed by atoms with Crippen molar-refractivity contribution in [3.05, 3.63) is 28.2 Å². The second-order valence-electron chi connectivity index (χ2n) is 2.62. The summed E-state index contributed by atoms with van der Waals surface area (Å²) in [7, 11) is 0. The number of benzene rings is 1. The van der Waals surface area contributed by atoms with Crippen LogP contribution in [-0.4, -0.2) is 24.1 Å². The molecule has 0 saturated carbocycles. The highest BCUT2D eigenvalue weighted by Gasteiger charge is 2.15. The SMILES string of the molecule is O=C(O)c1cccc(Br)c1OCC(F)F.